The number of benzene rings is 2. The molecule has 0 bridgehead atoms. The van der Waals surface area contributed by atoms with Crippen LogP contribution in [-0.4, -0.2) is 40.9 Å². The molecular weight excluding hydrogens is 434 g/mol. The van der Waals surface area contributed by atoms with Crippen LogP contribution in [0.5, 0.6) is 17.2 Å². The van der Waals surface area contributed by atoms with Crippen LogP contribution >= 0.6 is 0 Å². The predicted molar refractivity (Wildman–Crippen MR) is 130 cm³/mol. The van der Waals surface area contributed by atoms with Gasteiger partial charge in [-0.25, -0.2) is 4.98 Å². The van der Waals surface area contributed by atoms with Crippen LogP contribution in [0.3, 0.4) is 0 Å². The number of imidazole rings is 1. The molecule has 174 valence electrons. The second kappa shape index (κ2) is 8.30. The zero-order valence-electron chi connectivity index (χ0n) is 19.2. The first-order valence-electron chi connectivity index (χ1n) is 11.0. The molecule has 3 N–H and O–H groups in total. The summed E-state index contributed by atoms with van der Waals surface area (Å²) in [7, 11) is 3.55. The highest BCUT2D eigenvalue weighted by molar-refractivity contribution is 5.82. The quantitative estimate of drug-likeness (QED) is 0.413. The number of nitrogens with one attached hydrogen (secondary N) is 1. The fraction of sp³-hybridized carbons (Fsp3) is 0.231. The van der Waals surface area contributed by atoms with E-state index in [0.29, 0.717) is 28.5 Å². The van der Waals surface area contributed by atoms with E-state index < -0.39 is 11.2 Å². The maximum Gasteiger partial charge on any atom is 0.227 e. The molecule has 34 heavy (non-hydrogen) atoms. The molecule has 1 aliphatic heterocycles. The van der Waals surface area contributed by atoms with Gasteiger partial charge in [0.1, 0.15) is 23.0 Å². The van der Waals surface area contributed by atoms with Gasteiger partial charge in [0.05, 0.1) is 7.11 Å². The minimum atomic E-state index is -0.541. The number of hydrogen-bond donors (Lipinski definition) is 3. The molecule has 0 saturated heterocycles. The fourth-order valence-corrected chi connectivity index (χ4v) is 4.41. The minimum Gasteiger partial charge on any atom is -0.504 e. The van der Waals surface area contributed by atoms with Crippen LogP contribution in [0.1, 0.15) is 17.7 Å². The smallest absolute Gasteiger partial charge is 0.227 e. The molecule has 2 aromatic carbocycles. The largest absolute Gasteiger partial charge is 0.504 e. The van der Waals surface area contributed by atoms with E-state index in [1.165, 1.54) is 30.5 Å². The fourth-order valence-electron chi connectivity index (χ4n) is 4.41. The molecule has 0 spiro atoms. The molecular formula is C26H25N3O5. The van der Waals surface area contributed by atoms with Crippen LogP contribution in [0, 0.1) is 6.92 Å². The molecule has 8 heteroatoms. The summed E-state index contributed by atoms with van der Waals surface area (Å²) >= 11 is 0. The van der Waals surface area contributed by atoms with Crippen LogP contribution in [0.15, 0.2) is 51.7 Å². The van der Waals surface area contributed by atoms with Crippen LogP contribution in [0.2, 0.25) is 0 Å². The van der Waals surface area contributed by atoms with Crippen molar-refractivity contribution in [1.82, 2.24) is 9.97 Å². The Balaban J connectivity index is 1.72. The number of fused-ring (bicyclic) bond motifs is 1. The molecule has 0 unspecified atom stereocenters. The summed E-state index contributed by atoms with van der Waals surface area (Å²) < 4.78 is 11.0. The highest BCUT2D eigenvalue weighted by Gasteiger charge is 2.23. The summed E-state index contributed by atoms with van der Waals surface area (Å²) in [6.07, 6.45) is 2.06. The highest BCUT2D eigenvalue weighted by Crippen LogP contribution is 2.40. The van der Waals surface area contributed by atoms with Crippen LogP contribution in [0.25, 0.3) is 34.1 Å². The Bertz CT molecular complexity index is 1450. The standard InChI is InChI=1S/C26H25N3O5/c1-14-11-20(31)24(32)25(34-14)23-22(16-7-9-19(30)21(13-16)33-3)27-26(28-23)17-6-8-18-15(12-17)5-4-10-29(18)2/h6-9,11-13,30,32H,4-5,10H2,1-3H3,(H,27,28). The average Bonchev–Trinajstić information content (AvgIpc) is 3.27. The van der Waals surface area contributed by atoms with E-state index in [0.717, 1.165) is 24.9 Å². The van der Waals surface area contributed by atoms with Crippen molar-refractivity contribution >= 4 is 5.69 Å². The number of methoxy groups -OCH3 is 1. The first-order valence-corrected chi connectivity index (χ1v) is 11.0. The van der Waals surface area contributed by atoms with Gasteiger partial charge in [0, 0.05) is 36.5 Å². The second-order valence-corrected chi connectivity index (χ2v) is 8.46. The third-order valence-electron chi connectivity index (χ3n) is 6.13. The van der Waals surface area contributed by atoms with Crippen molar-refractivity contribution in [3.63, 3.8) is 0 Å². The number of phenols is 1. The normalized spacial score (nSPS) is 13.1. The molecule has 0 fully saturated rings. The lowest BCUT2D eigenvalue weighted by Crippen LogP contribution is -2.24. The lowest BCUT2D eigenvalue weighted by Gasteiger charge is -2.27. The number of hydrogen-bond acceptors (Lipinski definition) is 7. The average molecular weight is 460 g/mol. The Morgan fingerprint density at radius 1 is 1.12 bits per heavy atom. The number of aromatic hydroxyl groups is 2. The number of ether oxygens (including phenoxy) is 1. The van der Waals surface area contributed by atoms with Gasteiger partial charge in [-0.05, 0) is 61.7 Å². The van der Waals surface area contributed by atoms with Gasteiger partial charge in [0.15, 0.2) is 17.3 Å². The van der Waals surface area contributed by atoms with Crippen LogP contribution in [-0.2, 0) is 6.42 Å². The van der Waals surface area contributed by atoms with Gasteiger partial charge < -0.3 is 29.3 Å². The topological polar surface area (TPSA) is 112 Å². The number of phenolic OH excluding ortho intramolecular Hbond substituents is 1. The van der Waals surface area contributed by atoms with Gasteiger partial charge >= 0.3 is 0 Å². The molecule has 3 heterocycles. The molecule has 2 aromatic heterocycles. The summed E-state index contributed by atoms with van der Waals surface area (Å²) in [6, 6.07) is 12.3. The molecule has 0 saturated carbocycles. The molecule has 0 amide bonds. The summed E-state index contributed by atoms with van der Waals surface area (Å²) in [5.74, 6) is 0.701. The Morgan fingerprint density at radius 2 is 1.91 bits per heavy atom. The second-order valence-electron chi connectivity index (χ2n) is 8.46. The van der Waals surface area contributed by atoms with E-state index in [4.69, 9.17) is 14.1 Å². The molecule has 0 aliphatic carbocycles. The Kier molecular flexibility index (Phi) is 5.28. The summed E-state index contributed by atoms with van der Waals surface area (Å²) in [6.45, 7) is 2.67. The van der Waals surface area contributed by atoms with E-state index in [1.807, 2.05) is 6.07 Å². The Labute approximate surface area is 196 Å². The lowest BCUT2D eigenvalue weighted by molar-refractivity contribution is 0.373. The first-order chi connectivity index (χ1) is 16.4. The van der Waals surface area contributed by atoms with E-state index in [9.17, 15) is 15.0 Å². The summed E-state index contributed by atoms with van der Waals surface area (Å²) in [5.41, 5.74) is 4.20. The summed E-state index contributed by atoms with van der Waals surface area (Å²) in [4.78, 5) is 22.6. The van der Waals surface area contributed by atoms with E-state index in [1.54, 1.807) is 19.1 Å². The van der Waals surface area contributed by atoms with Crippen LogP contribution < -0.4 is 15.1 Å². The zero-order chi connectivity index (χ0) is 24.0. The molecule has 8 nitrogen and oxygen atoms in total. The number of nitrogens with zero attached hydrogens (tertiary/aromatic N) is 2. The maximum atomic E-state index is 12.3. The van der Waals surface area contributed by atoms with Crippen molar-refractivity contribution in [3.8, 4) is 51.3 Å². The first kappa shape index (κ1) is 21.6. The molecule has 4 aromatic rings. The van der Waals surface area contributed by atoms with Crippen molar-refractivity contribution in [2.24, 2.45) is 0 Å². The number of rotatable bonds is 4. The van der Waals surface area contributed by atoms with Gasteiger partial charge in [-0.3, -0.25) is 4.79 Å². The third kappa shape index (κ3) is 3.67. The van der Waals surface area contributed by atoms with Crippen LogP contribution in [0.4, 0.5) is 5.69 Å². The maximum absolute atomic E-state index is 12.3. The van der Waals surface area contributed by atoms with E-state index in [2.05, 4.69) is 29.1 Å². The number of aromatic nitrogens is 2. The molecule has 5 rings (SSSR count). The Hall–Kier alpha value is -4.20. The predicted octanol–water partition coefficient (Wildman–Crippen LogP) is 4.47. The monoisotopic (exact) mass is 459 g/mol. The van der Waals surface area contributed by atoms with Gasteiger partial charge in [-0.1, -0.05) is 0 Å². The minimum absolute atomic E-state index is 0.00323. The van der Waals surface area contributed by atoms with E-state index in [-0.39, 0.29) is 17.3 Å². The highest BCUT2D eigenvalue weighted by atomic mass is 16.5. The third-order valence-corrected chi connectivity index (χ3v) is 6.13. The van der Waals surface area contributed by atoms with Crippen molar-refractivity contribution in [3.05, 3.63) is 64.0 Å². The van der Waals surface area contributed by atoms with Gasteiger partial charge in [0.2, 0.25) is 11.2 Å². The van der Waals surface area contributed by atoms with Crippen molar-refractivity contribution in [2.45, 2.75) is 19.8 Å². The van der Waals surface area contributed by atoms with Gasteiger partial charge in [-0.15, -0.1) is 0 Å². The Morgan fingerprint density at radius 3 is 2.71 bits per heavy atom. The van der Waals surface area contributed by atoms with Gasteiger partial charge in [0.25, 0.3) is 0 Å². The molecule has 0 atom stereocenters. The number of anilines is 1. The molecule has 0 radical (unpaired) electrons. The SMILES string of the molecule is COc1cc(-c2nc(-c3ccc4c(c3)CCCN4C)[nH]c2-c2oc(C)cc(=O)c2O)ccc1O. The van der Waals surface area contributed by atoms with Gasteiger partial charge in [-0.2, -0.15) is 0 Å². The van der Waals surface area contributed by atoms with Crippen molar-refractivity contribution in [2.75, 3.05) is 25.6 Å². The lowest BCUT2D eigenvalue weighted by atomic mass is 9.99. The number of H-pyrrole nitrogens is 1. The summed E-state index contributed by atoms with van der Waals surface area (Å²) in [5, 5.41) is 20.6. The zero-order valence-corrected chi connectivity index (χ0v) is 19.2. The molecule has 1 aliphatic rings. The number of aryl methyl sites for hydroxylation is 2. The van der Waals surface area contributed by atoms with Crippen molar-refractivity contribution < 1.29 is 19.4 Å². The van der Waals surface area contributed by atoms with E-state index >= 15 is 0 Å². The van der Waals surface area contributed by atoms with Crippen molar-refractivity contribution in [1.29, 1.82) is 0 Å². The number of aromatic amines is 1.